The summed E-state index contributed by atoms with van der Waals surface area (Å²) >= 11 is 0. The number of carbonyl (C=O) groups excluding carboxylic acids is 1. The Balaban J connectivity index is 0.00000200. The molecule has 0 unspecified atom stereocenters. The summed E-state index contributed by atoms with van der Waals surface area (Å²) in [6.45, 7) is 4.21. The molecular formula is C14H19ClF2N2O. The van der Waals surface area contributed by atoms with Crippen molar-refractivity contribution >= 4 is 18.3 Å². The van der Waals surface area contributed by atoms with Crippen LogP contribution in [0.1, 0.15) is 18.9 Å². The highest BCUT2D eigenvalue weighted by atomic mass is 35.5. The van der Waals surface area contributed by atoms with Gasteiger partial charge in [-0.15, -0.1) is 12.4 Å². The molecular weight excluding hydrogens is 286 g/mol. The maximum Gasteiger partial charge on any atom is 0.223 e. The summed E-state index contributed by atoms with van der Waals surface area (Å²) in [4.78, 5) is 13.9. The molecule has 6 heteroatoms. The molecule has 1 aliphatic heterocycles. The quantitative estimate of drug-likeness (QED) is 0.928. The van der Waals surface area contributed by atoms with Gasteiger partial charge in [0.2, 0.25) is 5.91 Å². The van der Waals surface area contributed by atoms with E-state index in [1.165, 1.54) is 0 Å². The first-order valence-corrected chi connectivity index (χ1v) is 6.52. The highest BCUT2D eigenvalue weighted by molar-refractivity contribution is 5.85. The van der Waals surface area contributed by atoms with Crippen LogP contribution >= 0.6 is 12.4 Å². The number of benzene rings is 1. The van der Waals surface area contributed by atoms with Crippen molar-refractivity contribution in [1.29, 1.82) is 0 Å². The molecule has 3 nitrogen and oxygen atoms in total. The van der Waals surface area contributed by atoms with Crippen molar-refractivity contribution in [2.24, 2.45) is 0 Å². The Morgan fingerprint density at radius 1 is 1.45 bits per heavy atom. The van der Waals surface area contributed by atoms with E-state index in [2.05, 4.69) is 5.32 Å². The molecule has 20 heavy (non-hydrogen) atoms. The molecule has 1 amide bonds. The van der Waals surface area contributed by atoms with Gasteiger partial charge in [0, 0.05) is 32.1 Å². The van der Waals surface area contributed by atoms with Gasteiger partial charge in [0.1, 0.15) is 11.6 Å². The van der Waals surface area contributed by atoms with Gasteiger partial charge < -0.3 is 10.2 Å². The van der Waals surface area contributed by atoms with Crippen LogP contribution in [0.15, 0.2) is 18.2 Å². The Kier molecular flexibility index (Phi) is 6.36. The van der Waals surface area contributed by atoms with Crippen LogP contribution in [-0.2, 0) is 11.2 Å². The molecule has 1 heterocycles. The molecule has 0 saturated carbocycles. The molecule has 1 aromatic carbocycles. The second-order valence-corrected chi connectivity index (χ2v) is 4.88. The van der Waals surface area contributed by atoms with E-state index in [9.17, 15) is 13.6 Å². The lowest BCUT2D eigenvalue weighted by molar-refractivity contribution is -0.133. The van der Waals surface area contributed by atoms with Crippen LogP contribution in [-0.4, -0.2) is 36.5 Å². The zero-order valence-corrected chi connectivity index (χ0v) is 12.2. The van der Waals surface area contributed by atoms with Gasteiger partial charge in [0.05, 0.1) is 0 Å². The number of nitrogens with zero attached hydrogens (tertiary/aromatic N) is 1. The number of piperazine rings is 1. The third-order valence-corrected chi connectivity index (χ3v) is 3.44. The molecule has 2 rings (SSSR count). The molecule has 0 aromatic heterocycles. The molecule has 112 valence electrons. The number of nitrogens with one attached hydrogen (secondary N) is 1. The first-order chi connectivity index (χ1) is 9.08. The van der Waals surface area contributed by atoms with Crippen molar-refractivity contribution in [1.82, 2.24) is 10.2 Å². The van der Waals surface area contributed by atoms with Gasteiger partial charge >= 0.3 is 0 Å². The van der Waals surface area contributed by atoms with Crippen LogP contribution in [0.3, 0.4) is 0 Å². The fraction of sp³-hybridized carbons (Fsp3) is 0.500. The van der Waals surface area contributed by atoms with Crippen molar-refractivity contribution in [3.63, 3.8) is 0 Å². The Labute approximate surface area is 123 Å². The molecule has 1 aliphatic rings. The molecule has 1 atom stereocenters. The summed E-state index contributed by atoms with van der Waals surface area (Å²) in [6.07, 6.45) is 0.448. The number of rotatable bonds is 3. The average Bonchev–Trinajstić information content (AvgIpc) is 2.40. The minimum atomic E-state index is -0.473. The predicted molar refractivity (Wildman–Crippen MR) is 76.0 cm³/mol. The smallest absolute Gasteiger partial charge is 0.223 e. The van der Waals surface area contributed by atoms with Crippen LogP contribution < -0.4 is 5.32 Å². The lowest BCUT2D eigenvalue weighted by Gasteiger charge is -2.34. The van der Waals surface area contributed by atoms with Crippen molar-refractivity contribution in [2.45, 2.75) is 25.8 Å². The van der Waals surface area contributed by atoms with Crippen LogP contribution in [0.4, 0.5) is 8.78 Å². The summed E-state index contributed by atoms with van der Waals surface area (Å²) in [5.41, 5.74) is 0.260. The van der Waals surface area contributed by atoms with Gasteiger partial charge in [-0.05, 0) is 37.1 Å². The fourth-order valence-electron chi connectivity index (χ4n) is 2.33. The summed E-state index contributed by atoms with van der Waals surface area (Å²) in [6, 6.07) is 3.49. The minimum Gasteiger partial charge on any atom is -0.337 e. The maximum atomic E-state index is 13.4. The van der Waals surface area contributed by atoms with Gasteiger partial charge in [-0.2, -0.15) is 0 Å². The van der Waals surface area contributed by atoms with Crippen LogP contribution in [0.5, 0.6) is 0 Å². The Hall–Kier alpha value is -1.20. The van der Waals surface area contributed by atoms with Gasteiger partial charge in [-0.3, -0.25) is 4.79 Å². The number of amides is 1. The van der Waals surface area contributed by atoms with Crippen LogP contribution in [0.2, 0.25) is 0 Å². The van der Waals surface area contributed by atoms with Gasteiger partial charge in [0.15, 0.2) is 0 Å². The molecule has 0 bridgehead atoms. The Morgan fingerprint density at radius 3 is 2.90 bits per heavy atom. The highest BCUT2D eigenvalue weighted by Gasteiger charge is 2.22. The van der Waals surface area contributed by atoms with Gasteiger partial charge in [-0.25, -0.2) is 8.78 Å². The first-order valence-electron chi connectivity index (χ1n) is 6.52. The van der Waals surface area contributed by atoms with E-state index in [1.807, 2.05) is 6.92 Å². The van der Waals surface area contributed by atoms with E-state index in [1.54, 1.807) is 4.90 Å². The van der Waals surface area contributed by atoms with E-state index in [-0.39, 0.29) is 42.8 Å². The number of hydrogen-bond donors (Lipinski definition) is 1. The molecule has 1 saturated heterocycles. The zero-order chi connectivity index (χ0) is 13.8. The molecule has 1 aromatic rings. The lowest BCUT2D eigenvalue weighted by Crippen LogP contribution is -2.52. The predicted octanol–water partition coefficient (Wildman–Crippen LogP) is 2.14. The lowest BCUT2D eigenvalue weighted by atomic mass is 10.1. The Morgan fingerprint density at radius 2 is 2.20 bits per heavy atom. The monoisotopic (exact) mass is 304 g/mol. The minimum absolute atomic E-state index is 0. The molecule has 1 fully saturated rings. The van der Waals surface area contributed by atoms with Gasteiger partial charge in [-0.1, -0.05) is 0 Å². The van der Waals surface area contributed by atoms with E-state index in [0.29, 0.717) is 6.54 Å². The highest BCUT2D eigenvalue weighted by Crippen LogP contribution is 2.13. The first kappa shape index (κ1) is 16.9. The third kappa shape index (κ3) is 4.15. The van der Waals surface area contributed by atoms with Crippen molar-refractivity contribution < 1.29 is 13.6 Å². The summed E-state index contributed by atoms with van der Waals surface area (Å²) < 4.78 is 26.5. The number of hydrogen-bond acceptors (Lipinski definition) is 2. The van der Waals surface area contributed by atoms with Gasteiger partial charge in [0.25, 0.3) is 0 Å². The largest absolute Gasteiger partial charge is 0.337 e. The number of carbonyl (C=O) groups is 1. The topological polar surface area (TPSA) is 32.3 Å². The van der Waals surface area contributed by atoms with E-state index < -0.39 is 11.6 Å². The second kappa shape index (κ2) is 7.55. The van der Waals surface area contributed by atoms with Crippen molar-refractivity contribution in [3.05, 3.63) is 35.4 Å². The Bertz CT molecular complexity index is 470. The molecule has 0 aliphatic carbocycles. The molecule has 1 N–H and O–H groups in total. The second-order valence-electron chi connectivity index (χ2n) is 4.88. The van der Waals surface area contributed by atoms with Crippen molar-refractivity contribution in [3.8, 4) is 0 Å². The van der Waals surface area contributed by atoms with Crippen LogP contribution in [0.25, 0.3) is 0 Å². The zero-order valence-electron chi connectivity index (χ0n) is 11.4. The summed E-state index contributed by atoms with van der Waals surface area (Å²) in [5, 5.41) is 3.21. The standard InChI is InChI=1S/C14H18F2N2O.ClH/c1-10-9-17-6-7-18(10)14(19)5-2-11-8-12(15)3-4-13(11)16;/h3-4,8,10,17H,2,5-7,9H2,1H3;1H/t10-;/m1./s1. The summed E-state index contributed by atoms with van der Waals surface area (Å²) in [5.74, 6) is -0.931. The normalized spacial score (nSPS) is 18.6. The number of aryl methyl sites for hydroxylation is 1. The average molecular weight is 305 g/mol. The van der Waals surface area contributed by atoms with Crippen LogP contribution in [0, 0.1) is 11.6 Å². The fourth-order valence-corrected chi connectivity index (χ4v) is 2.33. The SMILES string of the molecule is C[C@@H]1CNCCN1C(=O)CCc1cc(F)ccc1F.Cl. The van der Waals surface area contributed by atoms with Crippen molar-refractivity contribution in [2.75, 3.05) is 19.6 Å². The number of halogens is 3. The molecule has 0 spiro atoms. The van der Waals surface area contributed by atoms with E-state index in [4.69, 9.17) is 0 Å². The van der Waals surface area contributed by atoms with E-state index in [0.717, 1.165) is 31.3 Å². The maximum absolute atomic E-state index is 13.4. The summed E-state index contributed by atoms with van der Waals surface area (Å²) in [7, 11) is 0. The third-order valence-electron chi connectivity index (χ3n) is 3.44. The van der Waals surface area contributed by atoms with E-state index >= 15 is 0 Å². The molecule has 0 radical (unpaired) electrons.